The summed E-state index contributed by atoms with van der Waals surface area (Å²) in [5, 5.41) is 7.30. The van der Waals surface area contributed by atoms with Crippen molar-refractivity contribution >= 4 is 11.8 Å². The van der Waals surface area contributed by atoms with E-state index < -0.39 is 0 Å². The average molecular weight is 434 g/mol. The van der Waals surface area contributed by atoms with Gasteiger partial charge in [-0.3, -0.25) is 4.90 Å². The maximum atomic E-state index is 12.8. The Kier molecular flexibility index (Phi) is 6.46. The van der Waals surface area contributed by atoms with Crippen molar-refractivity contribution in [3.05, 3.63) is 72.6 Å². The minimum Gasteiger partial charge on any atom is -0.454 e. The molecule has 4 rings (SSSR count). The molecule has 0 atom stereocenters. The number of rotatable bonds is 6. The number of nitrogens with zero attached hydrogens (tertiary/aromatic N) is 6. The molecular formula is C23H27N7O2. The van der Waals surface area contributed by atoms with E-state index in [1.165, 1.54) is 11.0 Å². The number of anilines is 1. The van der Waals surface area contributed by atoms with Crippen LogP contribution in [0.3, 0.4) is 0 Å². The second kappa shape index (κ2) is 9.61. The van der Waals surface area contributed by atoms with Gasteiger partial charge in [-0.15, -0.1) is 5.10 Å². The van der Waals surface area contributed by atoms with Crippen LogP contribution in [-0.2, 0) is 6.54 Å². The third-order valence-corrected chi connectivity index (χ3v) is 5.15. The van der Waals surface area contributed by atoms with Crippen molar-refractivity contribution in [3.63, 3.8) is 0 Å². The van der Waals surface area contributed by atoms with Crippen LogP contribution in [0.5, 0.6) is 11.5 Å². The van der Waals surface area contributed by atoms with Crippen LogP contribution >= 0.6 is 0 Å². The molecule has 1 N–H and O–H groups in total. The van der Waals surface area contributed by atoms with Crippen molar-refractivity contribution in [2.45, 2.75) is 20.4 Å². The summed E-state index contributed by atoms with van der Waals surface area (Å²) in [6.45, 7) is 11.2. The van der Waals surface area contributed by atoms with Crippen LogP contribution in [0.15, 0.2) is 61.5 Å². The summed E-state index contributed by atoms with van der Waals surface area (Å²) in [5.74, 6) is 2.02. The van der Waals surface area contributed by atoms with Crippen LogP contribution in [0.1, 0.15) is 18.1 Å². The van der Waals surface area contributed by atoms with E-state index in [2.05, 4.69) is 44.0 Å². The Labute approximate surface area is 187 Å². The number of aryl methyl sites for hydroxylation is 1. The number of piperazine rings is 1. The first-order valence-electron chi connectivity index (χ1n) is 10.5. The van der Waals surface area contributed by atoms with E-state index in [9.17, 15) is 4.79 Å². The second-order valence-electron chi connectivity index (χ2n) is 7.88. The number of nitrogens with one attached hydrogen (secondary N) is 1. The highest BCUT2D eigenvalue weighted by atomic mass is 16.5. The molecule has 1 saturated heterocycles. The van der Waals surface area contributed by atoms with E-state index in [-0.39, 0.29) is 6.03 Å². The number of aromatic nitrogens is 4. The molecule has 0 aliphatic carbocycles. The van der Waals surface area contributed by atoms with Gasteiger partial charge >= 0.3 is 6.03 Å². The zero-order chi connectivity index (χ0) is 22.5. The number of carbonyl (C=O) groups excluding carboxylic acids is 1. The Balaban J connectivity index is 1.36. The zero-order valence-corrected chi connectivity index (χ0v) is 18.4. The maximum absolute atomic E-state index is 12.8. The highest BCUT2D eigenvalue weighted by Gasteiger charge is 2.23. The van der Waals surface area contributed by atoms with E-state index in [0.717, 1.165) is 42.2 Å². The molecule has 0 bridgehead atoms. The Morgan fingerprint density at radius 2 is 1.91 bits per heavy atom. The summed E-state index contributed by atoms with van der Waals surface area (Å²) in [6.07, 6.45) is 6.45. The Bertz CT molecular complexity index is 1090. The number of hydrogen-bond donors (Lipinski definition) is 1. The van der Waals surface area contributed by atoms with Gasteiger partial charge < -0.3 is 15.0 Å². The number of ether oxygens (including phenoxy) is 1. The zero-order valence-electron chi connectivity index (χ0n) is 18.4. The molecule has 1 fully saturated rings. The molecular weight excluding hydrogens is 406 g/mol. The molecule has 0 saturated carbocycles. The summed E-state index contributed by atoms with van der Waals surface area (Å²) in [4.78, 5) is 25.0. The molecule has 32 heavy (non-hydrogen) atoms. The predicted octanol–water partition coefficient (Wildman–Crippen LogP) is 3.51. The topological polar surface area (TPSA) is 88.4 Å². The minimum atomic E-state index is -0.122. The van der Waals surface area contributed by atoms with E-state index in [0.29, 0.717) is 24.7 Å². The van der Waals surface area contributed by atoms with Crippen molar-refractivity contribution in [3.8, 4) is 11.5 Å². The summed E-state index contributed by atoms with van der Waals surface area (Å²) in [5.41, 5.74) is 2.98. The number of amides is 1. The fourth-order valence-electron chi connectivity index (χ4n) is 3.55. The molecule has 0 unspecified atom stereocenters. The van der Waals surface area contributed by atoms with Crippen LogP contribution in [0.25, 0.3) is 0 Å². The van der Waals surface area contributed by atoms with Gasteiger partial charge in [0.2, 0.25) is 0 Å². The lowest BCUT2D eigenvalue weighted by Crippen LogP contribution is -2.49. The summed E-state index contributed by atoms with van der Waals surface area (Å²) in [7, 11) is 0. The van der Waals surface area contributed by atoms with Crippen LogP contribution in [0.4, 0.5) is 10.6 Å². The highest BCUT2D eigenvalue weighted by Crippen LogP contribution is 2.27. The van der Waals surface area contributed by atoms with E-state index >= 15 is 0 Å². The van der Waals surface area contributed by atoms with Crippen molar-refractivity contribution in [1.82, 2.24) is 29.5 Å². The van der Waals surface area contributed by atoms with Gasteiger partial charge in [0.15, 0.2) is 11.6 Å². The number of allylic oxidation sites excluding steroid dienone is 1. The Morgan fingerprint density at radius 1 is 1.16 bits per heavy atom. The monoisotopic (exact) mass is 433 g/mol. The second-order valence-corrected chi connectivity index (χ2v) is 7.88. The summed E-state index contributed by atoms with van der Waals surface area (Å²) < 4.78 is 7.41. The fraction of sp³-hybridized carbons (Fsp3) is 0.304. The van der Waals surface area contributed by atoms with E-state index in [4.69, 9.17) is 4.74 Å². The van der Waals surface area contributed by atoms with Crippen LogP contribution in [-0.4, -0.2) is 61.8 Å². The van der Waals surface area contributed by atoms with Gasteiger partial charge in [-0.05, 0) is 25.5 Å². The van der Waals surface area contributed by atoms with Gasteiger partial charge in [0.25, 0.3) is 0 Å². The average Bonchev–Trinajstić information content (AvgIpc) is 3.24. The van der Waals surface area contributed by atoms with Crippen LogP contribution in [0, 0.1) is 6.92 Å². The summed E-state index contributed by atoms with van der Waals surface area (Å²) in [6, 6.07) is 7.84. The molecule has 1 aliphatic heterocycles. The standard InChI is InChI=1S/C23H27N7O2/c1-17(2)26-22-6-7-30(27-22)23(31)29-10-8-28(9-11-29)15-19-5-4-18(3)12-21(19)32-20-13-24-16-25-14-20/h4-7,12-14,16H,1,8-11,15H2,2-3H3,(H,26,27). The number of hydrogen-bond acceptors (Lipinski definition) is 7. The SMILES string of the molecule is C=C(C)Nc1ccn(C(=O)N2CCN(Cc3ccc(C)cc3Oc3cncnc3)CC2)n1. The normalized spacial score (nSPS) is 14.2. The van der Waals surface area contributed by atoms with Crippen molar-refractivity contribution in [2.75, 3.05) is 31.5 Å². The first kappa shape index (κ1) is 21.5. The third-order valence-electron chi connectivity index (χ3n) is 5.15. The van der Waals surface area contributed by atoms with Gasteiger partial charge in [0, 0.05) is 56.2 Å². The smallest absolute Gasteiger partial charge is 0.344 e. The lowest BCUT2D eigenvalue weighted by molar-refractivity contribution is 0.134. The molecule has 1 aromatic carbocycles. The molecule has 1 amide bonds. The summed E-state index contributed by atoms with van der Waals surface area (Å²) >= 11 is 0. The number of carbonyl (C=O) groups is 1. The first-order valence-corrected chi connectivity index (χ1v) is 10.5. The molecule has 3 heterocycles. The van der Waals surface area contributed by atoms with E-state index in [1.807, 2.05) is 24.8 Å². The van der Waals surface area contributed by atoms with Gasteiger partial charge in [-0.2, -0.15) is 4.68 Å². The fourth-order valence-corrected chi connectivity index (χ4v) is 3.55. The maximum Gasteiger partial charge on any atom is 0.344 e. The van der Waals surface area contributed by atoms with Crippen molar-refractivity contribution in [1.29, 1.82) is 0 Å². The van der Waals surface area contributed by atoms with Gasteiger partial charge in [-0.1, -0.05) is 18.7 Å². The lowest BCUT2D eigenvalue weighted by atomic mass is 10.1. The quantitative estimate of drug-likeness (QED) is 0.636. The van der Waals surface area contributed by atoms with Gasteiger partial charge in [-0.25, -0.2) is 14.8 Å². The van der Waals surface area contributed by atoms with Crippen molar-refractivity contribution < 1.29 is 9.53 Å². The molecule has 3 aromatic rings. The minimum absolute atomic E-state index is 0.122. The van der Waals surface area contributed by atoms with Crippen LogP contribution < -0.4 is 10.1 Å². The first-order chi connectivity index (χ1) is 15.5. The molecule has 166 valence electrons. The van der Waals surface area contributed by atoms with Crippen LogP contribution in [0.2, 0.25) is 0 Å². The van der Waals surface area contributed by atoms with E-state index in [1.54, 1.807) is 24.7 Å². The Morgan fingerprint density at radius 3 is 2.62 bits per heavy atom. The number of benzene rings is 1. The lowest BCUT2D eigenvalue weighted by Gasteiger charge is -2.34. The van der Waals surface area contributed by atoms with Crippen molar-refractivity contribution in [2.24, 2.45) is 0 Å². The largest absolute Gasteiger partial charge is 0.454 e. The predicted molar refractivity (Wildman–Crippen MR) is 122 cm³/mol. The third kappa shape index (κ3) is 5.30. The van der Waals surface area contributed by atoms with Gasteiger partial charge in [0.1, 0.15) is 12.1 Å². The molecule has 0 spiro atoms. The molecule has 2 aromatic heterocycles. The molecule has 0 radical (unpaired) electrons. The van der Waals surface area contributed by atoms with Gasteiger partial charge in [0.05, 0.1) is 12.4 Å². The molecule has 9 heteroatoms. The molecule has 9 nitrogen and oxygen atoms in total. The highest BCUT2D eigenvalue weighted by molar-refractivity contribution is 5.76. The molecule has 1 aliphatic rings. The Hall–Kier alpha value is -3.72.